The van der Waals surface area contributed by atoms with Gasteiger partial charge in [0.2, 0.25) is 0 Å². The van der Waals surface area contributed by atoms with Crippen LogP contribution in [0, 0.1) is 22.7 Å². The minimum absolute atomic E-state index is 0.0598. The maximum Gasteiger partial charge on any atom is 0.338 e. The number of rotatable bonds is 10. The van der Waals surface area contributed by atoms with Crippen molar-refractivity contribution in [2.75, 3.05) is 6.61 Å². The summed E-state index contributed by atoms with van der Waals surface area (Å²) < 4.78 is 40.9. The molecule has 2 heterocycles. The molecule has 1 aromatic rings. The zero-order chi connectivity index (χ0) is 36.7. The molecule has 11 atom stereocenters. The Morgan fingerprint density at radius 3 is 2.29 bits per heavy atom. The third-order valence-corrected chi connectivity index (χ3v) is 18.7. The number of ether oxygens (including phenoxy) is 5. The Morgan fingerprint density at radius 2 is 1.73 bits per heavy atom. The summed E-state index contributed by atoms with van der Waals surface area (Å²) in [4.78, 5) is 28.2. The molecule has 10 nitrogen and oxygen atoms in total. The Balaban J connectivity index is 1.52. The van der Waals surface area contributed by atoms with Crippen LogP contribution in [0.25, 0.3) is 0 Å². The van der Waals surface area contributed by atoms with Gasteiger partial charge in [-0.05, 0) is 67.3 Å². The van der Waals surface area contributed by atoms with Gasteiger partial charge in [0.25, 0.3) is 0 Å². The van der Waals surface area contributed by atoms with Gasteiger partial charge in [-0.1, -0.05) is 66.3 Å². The zero-order valence-electron chi connectivity index (χ0n) is 31.2. The number of esters is 2. The molecule has 51 heavy (non-hydrogen) atoms. The fourth-order valence-corrected chi connectivity index (χ4v) is 13.3. The lowest BCUT2D eigenvalue weighted by Crippen LogP contribution is -2.82. The molecule has 5 fully saturated rings. The smallest absolute Gasteiger partial charge is 0.338 e. The summed E-state index contributed by atoms with van der Waals surface area (Å²) in [7, 11) is -2.33. The molecule has 2 N–H and O–H groups in total. The molecular formula is C40H56O10Si. The average molecular weight is 725 g/mol. The van der Waals surface area contributed by atoms with Crippen LogP contribution in [-0.4, -0.2) is 91.2 Å². The highest BCUT2D eigenvalue weighted by atomic mass is 28.4. The van der Waals surface area contributed by atoms with Gasteiger partial charge in [0.05, 0.1) is 42.3 Å². The van der Waals surface area contributed by atoms with Gasteiger partial charge >= 0.3 is 11.9 Å². The van der Waals surface area contributed by atoms with E-state index in [9.17, 15) is 19.8 Å². The van der Waals surface area contributed by atoms with Gasteiger partial charge in [0.15, 0.2) is 20.2 Å². The third kappa shape index (κ3) is 5.39. The number of aliphatic hydroxyl groups excluding tert-OH is 1. The van der Waals surface area contributed by atoms with Crippen LogP contribution in [0.15, 0.2) is 54.1 Å². The lowest BCUT2D eigenvalue weighted by Gasteiger charge is -2.69. The minimum Gasteiger partial charge on any atom is -0.455 e. The van der Waals surface area contributed by atoms with E-state index in [1.807, 2.05) is 26.8 Å². The van der Waals surface area contributed by atoms with Crippen LogP contribution in [0.1, 0.15) is 84.5 Å². The van der Waals surface area contributed by atoms with Crippen LogP contribution in [0.5, 0.6) is 0 Å². The Morgan fingerprint density at radius 1 is 1.06 bits per heavy atom. The number of aliphatic hydroxyl groups is 2. The highest BCUT2D eigenvalue weighted by molar-refractivity contribution is 6.73. The molecular weight excluding hydrogens is 669 g/mol. The maximum absolute atomic E-state index is 14.3. The third-order valence-electron chi connectivity index (χ3n) is 14.0. The van der Waals surface area contributed by atoms with Crippen LogP contribution in [0.4, 0.5) is 0 Å². The van der Waals surface area contributed by atoms with Crippen LogP contribution >= 0.6 is 0 Å². The molecule has 3 saturated carbocycles. The first-order valence-electron chi connectivity index (χ1n) is 19.0. The Bertz CT molecular complexity index is 1560. The summed E-state index contributed by atoms with van der Waals surface area (Å²) in [6, 6.07) is 11.4. The molecule has 0 amide bonds. The van der Waals surface area contributed by atoms with Gasteiger partial charge in [-0.15, -0.1) is 0 Å². The number of carbonyl (C=O) groups is 2. The molecule has 1 unspecified atom stereocenters. The van der Waals surface area contributed by atoms with E-state index in [0.29, 0.717) is 23.1 Å². The van der Waals surface area contributed by atoms with Crippen molar-refractivity contribution < 1.29 is 47.9 Å². The van der Waals surface area contributed by atoms with E-state index in [2.05, 4.69) is 34.3 Å². The van der Waals surface area contributed by atoms with Gasteiger partial charge in [0.1, 0.15) is 23.9 Å². The zero-order valence-corrected chi connectivity index (χ0v) is 32.2. The maximum atomic E-state index is 14.3. The molecule has 0 spiro atoms. The molecule has 2 aliphatic heterocycles. The second kappa shape index (κ2) is 12.9. The van der Waals surface area contributed by atoms with Gasteiger partial charge in [-0.3, -0.25) is 4.79 Å². The standard InChI is InChI=1S/C40H56O10Si/c1-9-29-46-31-30-23(5)26(41)21-40(44,37(30,6)7)34(48-35(42)24-16-14-13-15-17-24)32-38(8,33(31)47-29)27(50-51(10-2,11-3)12-4)20-28-39(32,22-45-28)49-36(43)25-18-19-25/h9,13-17,25-29,31-34,41,44H,1,10-12,18-22H2,2-8H3/t26-,27-,28+,29?,31+,32-,33+,34-,38+,39-,40+/m0/s1. The van der Waals surface area contributed by atoms with Crippen molar-refractivity contribution in [2.45, 2.75) is 146 Å². The van der Waals surface area contributed by atoms with Gasteiger partial charge in [-0.2, -0.15) is 0 Å². The van der Waals surface area contributed by atoms with E-state index in [-0.39, 0.29) is 24.9 Å². The molecule has 0 radical (unpaired) electrons. The Kier molecular flexibility index (Phi) is 9.34. The molecule has 0 aromatic heterocycles. The van der Waals surface area contributed by atoms with E-state index in [0.717, 1.165) is 31.0 Å². The lowest BCUT2D eigenvalue weighted by atomic mass is 9.44. The van der Waals surface area contributed by atoms with Crippen LogP contribution in [-0.2, 0) is 32.9 Å². The molecule has 1 aromatic carbocycles. The predicted molar refractivity (Wildman–Crippen MR) is 191 cm³/mol. The number of benzene rings is 1. The van der Waals surface area contributed by atoms with Crippen LogP contribution in [0.2, 0.25) is 18.1 Å². The normalized spacial score (nSPS) is 41.2. The molecule has 4 aliphatic carbocycles. The van der Waals surface area contributed by atoms with Crippen LogP contribution < -0.4 is 0 Å². The predicted octanol–water partition coefficient (Wildman–Crippen LogP) is 5.87. The van der Waals surface area contributed by atoms with E-state index in [1.54, 1.807) is 30.3 Å². The molecule has 6 aliphatic rings. The fourth-order valence-electron chi connectivity index (χ4n) is 10.4. The monoisotopic (exact) mass is 724 g/mol. The highest BCUT2D eigenvalue weighted by Crippen LogP contribution is 2.67. The van der Waals surface area contributed by atoms with E-state index in [1.165, 1.54) is 0 Å². The summed E-state index contributed by atoms with van der Waals surface area (Å²) in [6.45, 7) is 18.4. The summed E-state index contributed by atoms with van der Waals surface area (Å²) in [5.41, 5.74) is -3.59. The van der Waals surface area contributed by atoms with Crippen molar-refractivity contribution in [1.29, 1.82) is 0 Å². The minimum atomic E-state index is -2.33. The molecule has 11 heteroatoms. The van der Waals surface area contributed by atoms with Gasteiger partial charge < -0.3 is 38.3 Å². The van der Waals surface area contributed by atoms with E-state index in [4.69, 9.17) is 28.1 Å². The second-order valence-electron chi connectivity index (χ2n) is 16.7. The Labute approximate surface area is 303 Å². The van der Waals surface area contributed by atoms with Crippen molar-refractivity contribution in [2.24, 2.45) is 22.7 Å². The first-order valence-corrected chi connectivity index (χ1v) is 21.5. The van der Waals surface area contributed by atoms with Crippen molar-refractivity contribution >= 4 is 20.3 Å². The van der Waals surface area contributed by atoms with Gasteiger partial charge in [0, 0.05) is 23.7 Å². The van der Waals surface area contributed by atoms with Crippen molar-refractivity contribution in [1.82, 2.24) is 0 Å². The van der Waals surface area contributed by atoms with Crippen molar-refractivity contribution in [3.8, 4) is 0 Å². The molecule has 2 bridgehead atoms. The van der Waals surface area contributed by atoms with Crippen molar-refractivity contribution in [3.05, 3.63) is 59.7 Å². The first kappa shape index (κ1) is 37.0. The van der Waals surface area contributed by atoms with Gasteiger partial charge in [-0.25, -0.2) is 4.79 Å². The average Bonchev–Trinajstić information content (AvgIpc) is 3.88. The van der Waals surface area contributed by atoms with E-state index >= 15 is 0 Å². The topological polar surface area (TPSA) is 130 Å². The largest absolute Gasteiger partial charge is 0.455 e. The summed E-state index contributed by atoms with van der Waals surface area (Å²) in [5, 5.41) is 25.3. The number of hydrogen-bond acceptors (Lipinski definition) is 10. The quantitative estimate of drug-likeness (QED) is 0.172. The molecule has 280 valence electrons. The summed E-state index contributed by atoms with van der Waals surface area (Å²) in [5.74, 6) is -2.03. The summed E-state index contributed by atoms with van der Waals surface area (Å²) >= 11 is 0. The van der Waals surface area contributed by atoms with Crippen LogP contribution in [0.3, 0.4) is 0 Å². The van der Waals surface area contributed by atoms with Crippen molar-refractivity contribution in [3.63, 3.8) is 0 Å². The first-order chi connectivity index (χ1) is 24.2. The summed E-state index contributed by atoms with van der Waals surface area (Å²) in [6.07, 6.45) is -2.25. The van der Waals surface area contributed by atoms with E-state index < -0.39 is 85.2 Å². The molecule has 7 rings (SSSR count). The number of hydrogen-bond donors (Lipinski definition) is 2. The molecule has 2 saturated heterocycles. The number of fused-ring (bicyclic) bond motifs is 8. The SMILES string of the molecule is C=CC1O[C@@H]2C3=C(C)[C@@H](O)C[C@@](O)([C@@H](OC(=O)c4ccccc4)[C@@H]4[C@]5(OC(=O)C6CC6)CO[C@@H]5C[C@H](O[Si](CC)(CC)CC)[C@@]4(C)[C@@H]2O1)C3(C)C. The number of carbonyl (C=O) groups excluding carboxylic acids is 2. The highest BCUT2D eigenvalue weighted by Gasteiger charge is 2.79. The second-order valence-corrected chi connectivity index (χ2v) is 21.4. The fraction of sp³-hybridized carbons (Fsp3) is 0.700. The Hall–Kier alpha value is -2.38. The lowest BCUT2D eigenvalue weighted by molar-refractivity contribution is -0.361.